The summed E-state index contributed by atoms with van der Waals surface area (Å²) in [6.07, 6.45) is 1.85. The number of rotatable bonds is 5. The number of hydrogen-bond donors (Lipinski definition) is 0. The highest BCUT2D eigenvalue weighted by Crippen LogP contribution is 2.40. The largest absolute Gasteiger partial charge is 0.455 e. The van der Waals surface area contributed by atoms with Crippen LogP contribution in [0.2, 0.25) is 0 Å². The lowest BCUT2D eigenvalue weighted by Crippen LogP contribution is -2.00. The Kier molecular flexibility index (Phi) is 6.39. The van der Waals surface area contributed by atoms with E-state index in [-0.39, 0.29) is 0 Å². The van der Waals surface area contributed by atoms with Crippen LogP contribution in [0.4, 0.5) is 0 Å². The molecule has 3 aromatic heterocycles. The molecule has 0 atom stereocenters. The van der Waals surface area contributed by atoms with Crippen LogP contribution in [0.1, 0.15) is 0 Å². The van der Waals surface area contributed by atoms with E-state index in [1.165, 1.54) is 0 Å². The number of fused-ring (bicyclic) bond motifs is 4. The molecule has 0 spiro atoms. The van der Waals surface area contributed by atoms with Crippen LogP contribution in [0.25, 0.3) is 89.3 Å². The average Bonchev–Trinajstić information content (AvgIpc) is 3.54. The Balaban J connectivity index is 1.18. The molecule has 0 radical (unpaired) electrons. The fraction of sp³-hybridized carbons (Fsp3) is 0. The summed E-state index contributed by atoms with van der Waals surface area (Å²) in [4.78, 5) is 19.5. The molecule has 0 fully saturated rings. The highest BCUT2D eigenvalue weighted by atomic mass is 16.3. The van der Waals surface area contributed by atoms with E-state index in [4.69, 9.17) is 19.4 Å². The zero-order valence-electron chi connectivity index (χ0n) is 25.2. The van der Waals surface area contributed by atoms with Gasteiger partial charge < -0.3 is 4.42 Å². The molecule has 0 N–H and O–H groups in total. The maximum Gasteiger partial charge on any atom is 0.167 e. The molecule has 9 aromatic rings. The van der Waals surface area contributed by atoms with Gasteiger partial charge in [-0.3, -0.25) is 4.98 Å². The van der Waals surface area contributed by atoms with Crippen LogP contribution >= 0.6 is 0 Å². The van der Waals surface area contributed by atoms with Gasteiger partial charge in [0.1, 0.15) is 11.2 Å². The maximum atomic E-state index is 6.78. The van der Waals surface area contributed by atoms with Crippen molar-refractivity contribution in [3.63, 3.8) is 0 Å². The third-order valence-corrected chi connectivity index (χ3v) is 8.60. The first kappa shape index (κ1) is 26.9. The van der Waals surface area contributed by atoms with Gasteiger partial charge in [0.2, 0.25) is 0 Å². The van der Waals surface area contributed by atoms with Crippen molar-refractivity contribution >= 4 is 32.8 Å². The number of benzene rings is 6. The molecule has 9 rings (SSSR count). The lowest BCUT2D eigenvalue weighted by molar-refractivity contribution is 0.670. The second-order valence-corrected chi connectivity index (χ2v) is 11.5. The van der Waals surface area contributed by atoms with Gasteiger partial charge in [0.15, 0.2) is 17.5 Å². The van der Waals surface area contributed by atoms with Crippen molar-refractivity contribution in [1.29, 1.82) is 0 Å². The number of hydrogen-bond acceptors (Lipinski definition) is 5. The molecule has 0 bridgehead atoms. The molecule has 47 heavy (non-hydrogen) atoms. The van der Waals surface area contributed by atoms with E-state index in [1.54, 1.807) is 0 Å². The first-order chi connectivity index (χ1) is 23.3. The Morgan fingerprint density at radius 2 is 0.872 bits per heavy atom. The van der Waals surface area contributed by atoms with E-state index < -0.39 is 0 Å². The SMILES string of the molecule is c1ccc(-c2nc(-c3ccccc3)nc(-c3cccc4c3oc3c(-c5ccc(-c6cccc7cccnc67)cc5)cccc34)n2)cc1. The maximum absolute atomic E-state index is 6.78. The van der Waals surface area contributed by atoms with E-state index in [0.29, 0.717) is 17.5 Å². The standard InChI is InChI=1S/C42H26N4O/c1-3-11-30(12-4-1)40-44-41(31-13-5-2-6-14-31)46-42(45-40)36-21-9-20-35-34-19-8-18-33(38(34)47-39(35)36)28-24-22-27(23-25-28)32-17-7-15-29-16-10-26-43-37(29)32/h1-26H. The lowest BCUT2D eigenvalue weighted by Gasteiger charge is -2.08. The summed E-state index contributed by atoms with van der Waals surface area (Å²) in [6, 6.07) is 51.5. The van der Waals surface area contributed by atoms with Crippen LogP contribution < -0.4 is 0 Å². The fourth-order valence-electron chi connectivity index (χ4n) is 6.32. The summed E-state index contributed by atoms with van der Waals surface area (Å²) >= 11 is 0. The number of para-hydroxylation sites is 3. The summed E-state index contributed by atoms with van der Waals surface area (Å²) in [5.74, 6) is 1.80. The van der Waals surface area contributed by atoms with Gasteiger partial charge in [0, 0.05) is 44.6 Å². The van der Waals surface area contributed by atoms with Crippen LogP contribution in [0, 0.1) is 0 Å². The summed E-state index contributed by atoms with van der Waals surface area (Å²) in [5.41, 5.74) is 9.58. The van der Waals surface area contributed by atoms with E-state index >= 15 is 0 Å². The zero-order chi connectivity index (χ0) is 31.2. The highest BCUT2D eigenvalue weighted by molar-refractivity contribution is 6.12. The van der Waals surface area contributed by atoms with Crippen LogP contribution in [0.3, 0.4) is 0 Å². The summed E-state index contributed by atoms with van der Waals surface area (Å²) in [6.45, 7) is 0. The quantitative estimate of drug-likeness (QED) is 0.196. The Bertz CT molecular complexity index is 2500. The summed E-state index contributed by atoms with van der Waals surface area (Å²) < 4.78 is 6.78. The topological polar surface area (TPSA) is 64.7 Å². The number of nitrogens with zero attached hydrogens (tertiary/aromatic N) is 4. The molecule has 0 saturated heterocycles. The van der Waals surface area contributed by atoms with Crippen molar-refractivity contribution in [2.45, 2.75) is 0 Å². The predicted molar refractivity (Wildman–Crippen MR) is 190 cm³/mol. The van der Waals surface area contributed by atoms with Crippen molar-refractivity contribution in [3.8, 4) is 56.4 Å². The minimum Gasteiger partial charge on any atom is -0.455 e. The van der Waals surface area contributed by atoms with Crippen LogP contribution in [-0.4, -0.2) is 19.9 Å². The molecule has 6 aromatic carbocycles. The summed E-state index contributed by atoms with van der Waals surface area (Å²) in [7, 11) is 0. The molecular weight excluding hydrogens is 576 g/mol. The second-order valence-electron chi connectivity index (χ2n) is 11.5. The molecule has 5 nitrogen and oxygen atoms in total. The van der Waals surface area contributed by atoms with Gasteiger partial charge in [-0.05, 0) is 23.3 Å². The normalized spacial score (nSPS) is 11.4. The fourth-order valence-corrected chi connectivity index (χ4v) is 6.32. The smallest absolute Gasteiger partial charge is 0.167 e. The van der Waals surface area contributed by atoms with E-state index in [1.807, 2.05) is 85.1 Å². The average molecular weight is 603 g/mol. The van der Waals surface area contributed by atoms with E-state index in [2.05, 4.69) is 77.8 Å². The van der Waals surface area contributed by atoms with Crippen molar-refractivity contribution in [3.05, 3.63) is 158 Å². The van der Waals surface area contributed by atoms with Crippen molar-refractivity contribution in [2.75, 3.05) is 0 Å². The highest BCUT2D eigenvalue weighted by Gasteiger charge is 2.19. The molecule has 0 amide bonds. The Hall–Kier alpha value is -6.46. The number of furan rings is 1. The molecule has 0 aliphatic rings. The number of aromatic nitrogens is 4. The van der Waals surface area contributed by atoms with Gasteiger partial charge in [-0.2, -0.15) is 0 Å². The molecular formula is C42H26N4O. The van der Waals surface area contributed by atoms with Crippen LogP contribution in [0.15, 0.2) is 162 Å². The summed E-state index contributed by atoms with van der Waals surface area (Å²) in [5, 5.41) is 3.19. The van der Waals surface area contributed by atoms with Gasteiger partial charge in [0.05, 0.1) is 11.1 Å². The Morgan fingerprint density at radius 3 is 1.53 bits per heavy atom. The third kappa shape index (κ3) is 4.73. The van der Waals surface area contributed by atoms with E-state index in [0.717, 1.165) is 71.8 Å². The monoisotopic (exact) mass is 602 g/mol. The first-order valence-corrected chi connectivity index (χ1v) is 15.6. The van der Waals surface area contributed by atoms with Crippen molar-refractivity contribution in [2.24, 2.45) is 0 Å². The number of pyridine rings is 1. The van der Waals surface area contributed by atoms with E-state index in [9.17, 15) is 0 Å². The van der Waals surface area contributed by atoms with Gasteiger partial charge in [0.25, 0.3) is 0 Å². The lowest BCUT2D eigenvalue weighted by atomic mass is 9.97. The Morgan fingerprint density at radius 1 is 0.362 bits per heavy atom. The third-order valence-electron chi connectivity index (χ3n) is 8.60. The van der Waals surface area contributed by atoms with Crippen molar-refractivity contribution < 1.29 is 4.42 Å². The van der Waals surface area contributed by atoms with Crippen LogP contribution in [0.5, 0.6) is 0 Å². The van der Waals surface area contributed by atoms with Gasteiger partial charge in [-0.25, -0.2) is 15.0 Å². The predicted octanol–water partition coefficient (Wildman–Crippen LogP) is 10.7. The van der Waals surface area contributed by atoms with Gasteiger partial charge >= 0.3 is 0 Å². The molecule has 3 heterocycles. The molecule has 0 unspecified atom stereocenters. The van der Waals surface area contributed by atoms with Gasteiger partial charge in [-0.1, -0.05) is 140 Å². The first-order valence-electron chi connectivity index (χ1n) is 15.6. The zero-order valence-corrected chi connectivity index (χ0v) is 25.2. The Labute approximate surface area is 270 Å². The minimum absolute atomic E-state index is 0.567. The van der Waals surface area contributed by atoms with Gasteiger partial charge in [-0.15, -0.1) is 0 Å². The van der Waals surface area contributed by atoms with Crippen LogP contribution in [-0.2, 0) is 0 Å². The molecule has 5 heteroatoms. The molecule has 220 valence electrons. The molecule has 0 aliphatic carbocycles. The second kappa shape index (κ2) is 11.2. The molecule has 0 saturated carbocycles. The van der Waals surface area contributed by atoms with Crippen molar-refractivity contribution in [1.82, 2.24) is 19.9 Å². The molecule has 0 aliphatic heterocycles. The minimum atomic E-state index is 0.567.